The molecule has 0 aromatic carbocycles. The molecule has 5 nitrogen and oxygen atoms in total. The Hall–Kier alpha value is -1.36. The molecule has 118 valence electrons. The van der Waals surface area contributed by atoms with Gasteiger partial charge >= 0.3 is 0 Å². The lowest BCUT2D eigenvalue weighted by Crippen LogP contribution is -2.37. The van der Waals surface area contributed by atoms with Gasteiger partial charge in [0.25, 0.3) is 0 Å². The standard InChI is InChI=1S/C16H28N4O/c1-12-15(10-17-3)13(2)20(19-12)11-16(21)18-14-8-6-4-5-7-9-14/h14,17H,4-11H2,1-3H3,(H,18,21). The third kappa shape index (κ3) is 4.30. The van der Waals surface area contributed by atoms with Gasteiger partial charge in [-0.1, -0.05) is 25.7 Å². The Balaban J connectivity index is 1.94. The van der Waals surface area contributed by atoms with Crippen molar-refractivity contribution in [3.8, 4) is 0 Å². The van der Waals surface area contributed by atoms with Crippen LogP contribution in [0.1, 0.15) is 55.5 Å². The molecule has 1 amide bonds. The summed E-state index contributed by atoms with van der Waals surface area (Å²) >= 11 is 0. The van der Waals surface area contributed by atoms with Crippen molar-refractivity contribution in [2.45, 2.75) is 71.5 Å². The molecular weight excluding hydrogens is 264 g/mol. The summed E-state index contributed by atoms with van der Waals surface area (Å²) in [7, 11) is 1.93. The molecule has 1 saturated carbocycles. The normalized spacial score (nSPS) is 16.7. The summed E-state index contributed by atoms with van der Waals surface area (Å²) in [5.74, 6) is 0.0866. The molecule has 5 heteroatoms. The van der Waals surface area contributed by atoms with Gasteiger partial charge in [0.15, 0.2) is 0 Å². The number of aryl methyl sites for hydroxylation is 1. The predicted molar refractivity (Wildman–Crippen MR) is 84.1 cm³/mol. The number of hydrogen-bond donors (Lipinski definition) is 2. The molecule has 1 aliphatic carbocycles. The first kappa shape index (κ1) is 16.0. The second-order valence-corrected chi connectivity index (χ2v) is 6.09. The maximum Gasteiger partial charge on any atom is 0.241 e. The third-order valence-electron chi connectivity index (χ3n) is 4.40. The molecule has 1 aliphatic rings. The van der Waals surface area contributed by atoms with E-state index >= 15 is 0 Å². The summed E-state index contributed by atoms with van der Waals surface area (Å²) in [4.78, 5) is 12.2. The van der Waals surface area contributed by atoms with E-state index in [1.165, 1.54) is 31.2 Å². The van der Waals surface area contributed by atoms with Gasteiger partial charge in [-0.15, -0.1) is 0 Å². The lowest BCUT2D eigenvalue weighted by atomic mass is 10.1. The molecule has 0 radical (unpaired) electrons. The highest BCUT2D eigenvalue weighted by molar-refractivity contribution is 5.76. The SMILES string of the molecule is CNCc1c(C)nn(CC(=O)NC2CCCCCC2)c1C. The van der Waals surface area contributed by atoms with E-state index in [1.807, 2.05) is 25.6 Å². The quantitative estimate of drug-likeness (QED) is 0.817. The van der Waals surface area contributed by atoms with E-state index in [0.717, 1.165) is 30.8 Å². The first-order valence-corrected chi connectivity index (χ1v) is 8.08. The molecular formula is C16H28N4O. The molecule has 1 fully saturated rings. The highest BCUT2D eigenvalue weighted by Gasteiger charge is 2.17. The average molecular weight is 292 g/mol. The number of aromatic nitrogens is 2. The Bertz CT molecular complexity index is 473. The number of hydrogen-bond acceptors (Lipinski definition) is 3. The van der Waals surface area contributed by atoms with Crippen LogP contribution in [-0.2, 0) is 17.9 Å². The van der Waals surface area contributed by atoms with Gasteiger partial charge in [-0.2, -0.15) is 5.10 Å². The topological polar surface area (TPSA) is 59.0 Å². The fraction of sp³-hybridized carbons (Fsp3) is 0.750. The Kier molecular flexibility index (Phi) is 5.79. The molecule has 0 saturated heterocycles. The minimum absolute atomic E-state index is 0.0866. The number of carbonyl (C=O) groups is 1. The van der Waals surface area contributed by atoms with Crippen LogP contribution in [0.4, 0.5) is 0 Å². The van der Waals surface area contributed by atoms with E-state index in [0.29, 0.717) is 12.6 Å². The maximum absolute atomic E-state index is 12.2. The van der Waals surface area contributed by atoms with E-state index < -0.39 is 0 Å². The van der Waals surface area contributed by atoms with Gasteiger partial charge < -0.3 is 10.6 Å². The van der Waals surface area contributed by atoms with Crippen molar-refractivity contribution in [1.29, 1.82) is 0 Å². The van der Waals surface area contributed by atoms with Crippen LogP contribution in [0.2, 0.25) is 0 Å². The van der Waals surface area contributed by atoms with E-state index in [2.05, 4.69) is 15.7 Å². The van der Waals surface area contributed by atoms with E-state index in [9.17, 15) is 4.79 Å². The number of nitrogens with zero attached hydrogens (tertiary/aromatic N) is 2. The van der Waals surface area contributed by atoms with Gasteiger partial charge in [-0.05, 0) is 33.7 Å². The second kappa shape index (κ2) is 7.59. The summed E-state index contributed by atoms with van der Waals surface area (Å²) in [6.07, 6.45) is 7.31. The van der Waals surface area contributed by atoms with Crippen molar-refractivity contribution in [3.05, 3.63) is 17.0 Å². The minimum atomic E-state index is 0.0866. The average Bonchev–Trinajstić information content (AvgIpc) is 2.64. The summed E-state index contributed by atoms with van der Waals surface area (Å²) in [5.41, 5.74) is 3.28. The summed E-state index contributed by atoms with van der Waals surface area (Å²) < 4.78 is 1.83. The number of nitrogens with one attached hydrogen (secondary N) is 2. The maximum atomic E-state index is 12.2. The zero-order chi connectivity index (χ0) is 15.2. The van der Waals surface area contributed by atoms with Gasteiger partial charge in [0.2, 0.25) is 5.91 Å². The van der Waals surface area contributed by atoms with Crippen molar-refractivity contribution in [2.24, 2.45) is 0 Å². The first-order valence-electron chi connectivity index (χ1n) is 8.08. The zero-order valence-electron chi connectivity index (χ0n) is 13.5. The molecule has 2 rings (SSSR count). The zero-order valence-corrected chi connectivity index (χ0v) is 13.5. The second-order valence-electron chi connectivity index (χ2n) is 6.09. The van der Waals surface area contributed by atoms with Crippen LogP contribution in [0.3, 0.4) is 0 Å². The number of carbonyl (C=O) groups excluding carboxylic acids is 1. The van der Waals surface area contributed by atoms with E-state index in [-0.39, 0.29) is 5.91 Å². The Morgan fingerprint density at radius 1 is 1.24 bits per heavy atom. The molecule has 0 spiro atoms. The predicted octanol–water partition coefficient (Wildman–Crippen LogP) is 2.06. The molecule has 0 bridgehead atoms. The lowest BCUT2D eigenvalue weighted by molar-refractivity contribution is -0.122. The van der Waals surface area contributed by atoms with Crippen LogP contribution in [-0.4, -0.2) is 28.8 Å². The van der Waals surface area contributed by atoms with Crippen molar-refractivity contribution < 1.29 is 4.79 Å². The van der Waals surface area contributed by atoms with Crippen LogP contribution >= 0.6 is 0 Å². The molecule has 0 atom stereocenters. The van der Waals surface area contributed by atoms with E-state index in [4.69, 9.17) is 0 Å². The Morgan fingerprint density at radius 2 is 1.90 bits per heavy atom. The van der Waals surface area contributed by atoms with Crippen molar-refractivity contribution in [3.63, 3.8) is 0 Å². The molecule has 21 heavy (non-hydrogen) atoms. The van der Waals surface area contributed by atoms with Gasteiger partial charge in [0.05, 0.1) is 5.69 Å². The van der Waals surface area contributed by atoms with Gasteiger partial charge in [-0.3, -0.25) is 9.48 Å². The Morgan fingerprint density at radius 3 is 2.52 bits per heavy atom. The minimum Gasteiger partial charge on any atom is -0.352 e. The fourth-order valence-corrected chi connectivity index (χ4v) is 3.15. The van der Waals surface area contributed by atoms with Crippen LogP contribution in [0.15, 0.2) is 0 Å². The molecule has 0 aliphatic heterocycles. The molecule has 1 aromatic rings. The summed E-state index contributed by atoms with van der Waals surface area (Å²) in [6, 6.07) is 0.355. The highest BCUT2D eigenvalue weighted by atomic mass is 16.2. The molecule has 0 unspecified atom stereocenters. The van der Waals surface area contributed by atoms with Gasteiger partial charge in [0.1, 0.15) is 6.54 Å². The third-order valence-corrected chi connectivity index (χ3v) is 4.40. The largest absolute Gasteiger partial charge is 0.352 e. The number of amides is 1. The summed E-state index contributed by atoms with van der Waals surface area (Å²) in [6.45, 7) is 5.15. The van der Waals surface area contributed by atoms with Crippen LogP contribution in [0.25, 0.3) is 0 Å². The molecule has 2 N–H and O–H groups in total. The van der Waals surface area contributed by atoms with Crippen molar-refractivity contribution >= 4 is 5.91 Å². The highest BCUT2D eigenvalue weighted by Crippen LogP contribution is 2.17. The Labute approximate surface area is 127 Å². The summed E-state index contributed by atoms with van der Waals surface area (Å²) in [5, 5.41) is 10.8. The van der Waals surface area contributed by atoms with Crippen LogP contribution in [0.5, 0.6) is 0 Å². The van der Waals surface area contributed by atoms with Crippen molar-refractivity contribution in [2.75, 3.05) is 7.05 Å². The first-order chi connectivity index (χ1) is 10.1. The van der Waals surface area contributed by atoms with Crippen LogP contribution < -0.4 is 10.6 Å². The monoisotopic (exact) mass is 292 g/mol. The van der Waals surface area contributed by atoms with Gasteiger partial charge in [-0.25, -0.2) is 0 Å². The van der Waals surface area contributed by atoms with Crippen molar-refractivity contribution in [1.82, 2.24) is 20.4 Å². The fourth-order valence-electron chi connectivity index (χ4n) is 3.15. The number of rotatable bonds is 5. The smallest absolute Gasteiger partial charge is 0.241 e. The lowest BCUT2D eigenvalue weighted by Gasteiger charge is -2.16. The van der Waals surface area contributed by atoms with Crippen LogP contribution in [0, 0.1) is 13.8 Å². The molecule has 1 aromatic heterocycles. The molecule has 1 heterocycles. The van der Waals surface area contributed by atoms with Gasteiger partial charge in [0, 0.05) is 23.8 Å². The van der Waals surface area contributed by atoms with E-state index in [1.54, 1.807) is 0 Å².